The van der Waals surface area contributed by atoms with E-state index in [9.17, 15) is 9.90 Å². The molecule has 1 heterocycles. The molecule has 24 heavy (non-hydrogen) atoms. The third-order valence-electron chi connectivity index (χ3n) is 4.73. The van der Waals surface area contributed by atoms with Gasteiger partial charge in [0.15, 0.2) is 0 Å². The highest BCUT2D eigenvalue weighted by atomic mass is 16.3. The van der Waals surface area contributed by atoms with Crippen LogP contribution in [0.15, 0.2) is 30.3 Å². The number of nitrogens with one attached hydrogen (secondary N) is 1. The van der Waals surface area contributed by atoms with Crippen LogP contribution in [-0.4, -0.2) is 42.1 Å². The first-order chi connectivity index (χ1) is 11.5. The summed E-state index contributed by atoms with van der Waals surface area (Å²) in [5.74, 6) is 1.52. The number of hydrogen-bond donors (Lipinski definition) is 2. The van der Waals surface area contributed by atoms with Crippen LogP contribution in [0.5, 0.6) is 0 Å². The number of unbranched alkanes of at least 4 members (excludes halogenated alkanes) is 1. The number of benzene rings is 1. The Labute approximate surface area is 146 Å². The zero-order chi connectivity index (χ0) is 17.4. The molecule has 2 N–H and O–H groups in total. The maximum Gasteiger partial charge on any atom is 0.222 e. The van der Waals surface area contributed by atoms with E-state index in [1.54, 1.807) is 0 Å². The van der Waals surface area contributed by atoms with Crippen molar-refractivity contribution in [2.24, 2.45) is 11.8 Å². The number of hydrogen-bond acceptors (Lipinski definition) is 3. The molecule has 1 amide bonds. The molecule has 1 aromatic carbocycles. The van der Waals surface area contributed by atoms with Crippen molar-refractivity contribution in [3.8, 4) is 0 Å². The smallest absolute Gasteiger partial charge is 0.222 e. The number of aliphatic hydroxyl groups is 1. The minimum atomic E-state index is -0.720. The molecule has 1 fully saturated rings. The number of rotatable bonds is 8. The molecule has 3 unspecified atom stereocenters. The van der Waals surface area contributed by atoms with Crippen molar-refractivity contribution in [3.63, 3.8) is 0 Å². The minimum Gasteiger partial charge on any atom is -0.388 e. The van der Waals surface area contributed by atoms with Crippen molar-refractivity contribution in [1.82, 2.24) is 10.2 Å². The number of carbonyl (C=O) groups excluding carboxylic acids is 1. The van der Waals surface area contributed by atoms with E-state index in [2.05, 4.69) is 24.1 Å². The van der Waals surface area contributed by atoms with Crippen molar-refractivity contribution in [2.45, 2.75) is 45.6 Å². The van der Waals surface area contributed by atoms with Gasteiger partial charge in [0.25, 0.3) is 0 Å². The van der Waals surface area contributed by atoms with Crippen LogP contribution in [0.4, 0.5) is 0 Å². The first-order valence-corrected chi connectivity index (χ1v) is 9.26. The lowest BCUT2D eigenvalue weighted by Crippen LogP contribution is -2.39. The zero-order valence-electron chi connectivity index (χ0n) is 15.1. The molecule has 1 aliphatic rings. The summed E-state index contributed by atoms with van der Waals surface area (Å²) >= 11 is 0. The summed E-state index contributed by atoms with van der Waals surface area (Å²) in [5, 5.41) is 13.0. The highest BCUT2D eigenvalue weighted by Gasteiger charge is 2.21. The second-order valence-corrected chi connectivity index (χ2v) is 7.39. The predicted molar refractivity (Wildman–Crippen MR) is 97.6 cm³/mol. The first kappa shape index (κ1) is 18.9. The second kappa shape index (κ2) is 9.80. The van der Waals surface area contributed by atoms with E-state index in [0.717, 1.165) is 36.8 Å². The van der Waals surface area contributed by atoms with Crippen molar-refractivity contribution in [1.29, 1.82) is 0 Å². The summed E-state index contributed by atoms with van der Waals surface area (Å²) < 4.78 is 0. The molecule has 0 bridgehead atoms. The number of aliphatic hydroxyl groups excluding tert-OH is 1. The van der Waals surface area contributed by atoms with Gasteiger partial charge >= 0.3 is 0 Å². The standard InChI is InChI=1S/C20H32N2O2/c1-16-12-17(2)15-22(14-16)11-7-6-10-21-20(24)13-19(23)18-8-4-3-5-9-18/h3-5,8-9,16-17,19,23H,6-7,10-15H2,1-2H3,(H,21,24). The number of piperidine rings is 1. The van der Waals surface area contributed by atoms with Gasteiger partial charge in [-0.15, -0.1) is 0 Å². The van der Waals surface area contributed by atoms with E-state index < -0.39 is 6.10 Å². The van der Waals surface area contributed by atoms with Crippen LogP contribution >= 0.6 is 0 Å². The molecule has 134 valence electrons. The number of carbonyl (C=O) groups is 1. The Morgan fingerprint density at radius 2 is 1.88 bits per heavy atom. The molecule has 1 aromatic rings. The molecule has 0 spiro atoms. The van der Waals surface area contributed by atoms with Crippen molar-refractivity contribution < 1.29 is 9.90 Å². The van der Waals surface area contributed by atoms with Crippen LogP contribution in [0.3, 0.4) is 0 Å². The van der Waals surface area contributed by atoms with E-state index in [1.807, 2.05) is 30.3 Å². The Hall–Kier alpha value is -1.39. The van der Waals surface area contributed by atoms with Crippen molar-refractivity contribution >= 4 is 5.91 Å². The first-order valence-electron chi connectivity index (χ1n) is 9.26. The molecule has 0 aliphatic carbocycles. The number of amides is 1. The van der Waals surface area contributed by atoms with Crippen LogP contribution in [0, 0.1) is 11.8 Å². The third kappa shape index (κ3) is 6.62. The van der Waals surface area contributed by atoms with E-state index in [0.29, 0.717) is 6.54 Å². The summed E-state index contributed by atoms with van der Waals surface area (Å²) in [5.41, 5.74) is 0.793. The SMILES string of the molecule is CC1CC(C)CN(CCCCNC(=O)CC(O)c2ccccc2)C1. The Morgan fingerprint density at radius 1 is 1.21 bits per heavy atom. The van der Waals surface area contributed by atoms with Gasteiger partial charge in [0.1, 0.15) is 0 Å². The van der Waals surface area contributed by atoms with Gasteiger partial charge in [0.2, 0.25) is 5.91 Å². The molecule has 1 aliphatic heterocycles. The molecular formula is C20H32N2O2. The van der Waals surface area contributed by atoms with E-state index in [4.69, 9.17) is 0 Å². The Morgan fingerprint density at radius 3 is 2.54 bits per heavy atom. The molecular weight excluding hydrogens is 300 g/mol. The maximum absolute atomic E-state index is 11.9. The normalized spacial score (nSPS) is 23.0. The molecule has 3 atom stereocenters. The molecule has 0 radical (unpaired) electrons. The molecule has 0 aromatic heterocycles. The van der Waals surface area contributed by atoms with E-state index in [1.165, 1.54) is 19.5 Å². The largest absolute Gasteiger partial charge is 0.388 e. The number of likely N-dealkylation sites (tertiary alicyclic amines) is 1. The highest BCUT2D eigenvalue weighted by Crippen LogP contribution is 2.21. The fraction of sp³-hybridized carbons (Fsp3) is 0.650. The number of nitrogens with zero attached hydrogens (tertiary/aromatic N) is 1. The Kier molecular flexibility index (Phi) is 7.73. The van der Waals surface area contributed by atoms with Gasteiger partial charge in [-0.25, -0.2) is 0 Å². The van der Waals surface area contributed by atoms with Crippen LogP contribution in [0.25, 0.3) is 0 Å². The van der Waals surface area contributed by atoms with Crippen LogP contribution in [0.2, 0.25) is 0 Å². The van der Waals surface area contributed by atoms with Gasteiger partial charge in [-0.1, -0.05) is 44.2 Å². The minimum absolute atomic E-state index is 0.0772. The van der Waals surface area contributed by atoms with Gasteiger partial charge in [0.05, 0.1) is 12.5 Å². The zero-order valence-corrected chi connectivity index (χ0v) is 15.1. The summed E-state index contributed by atoms with van der Waals surface area (Å²) in [6.07, 6.45) is 2.86. The summed E-state index contributed by atoms with van der Waals surface area (Å²) in [6.45, 7) is 8.90. The van der Waals surface area contributed by atoms with Crippen molar-refractivity contribution in [2.75, 3.05) is 26.2 Å². The van der Waals surface area contributed by atoms with Gasteiger partial charge in [-0.2, -0.15) is 0 Å². The third-order valence-corrected chi connectivity index (χ3v) is 4.73. The van der Waals surface area contributed by atoms with Crippen LogP contribution in [0.1, 0.15) is 51.2 Å². The highest BCUT2D eigenvalue weighted by molar-refractivity contribution is 5.76. The fourth-order valence-corrected chi connectivity index (χ4v) is 3.70. The fourth-order valence-electron chi connectivity index (χ4n) is 3.70. The average Bonchev–Trinajstić information content (AvgIpc) is 2.54. The quantitative estimate of drug-likeness (QED) is 0.720. The molecule has 2 rings (SSSR count). The lowest BCUT2D eigenvalue weighted by atomic mass is 9.92. The van der Waals surface area contributed by atoms with Gasteiger partial charge in [0, 0.05) is 19.6 Å². The molecule has 1 saturated heterocycles. The molecule has 4 heteroatoms. The van der Waals surface area contributed by atoms with Crippen LogP contribution < -0.4 is 5.32 Å². The Bertz CT molecular complexity index is 482. The van der Waals surface area contributed by atoms with Gasteiger partial charge in [-0.05, 0) is 43.2 Å². The monoisotopic (exact) mass is 332 g/mol. The summed E-state index contributed by atoms with van der Waals surface area (Å²) in [4.78, 5) is 14.5. The second-order valence-electron chi connectivity index (χ2n) is 7.39. The summed E-state index contributed by atoms with van der Waals surface area (Å²) in [6, 6.07) is 9.34. The lowest BCUT2D eigenvalue weighted by molar-refractivity contribution is -0.123. The summed E-state index contributed by atoms with van der Waals surface area (Å²) in [7, 11) is 0. The molecule has 4 nitrogen and oxygen atoms in total. The van der Waals surface area contributed by atoms with E-state index >= 15 is 0 Å². The molecule has 0 saturated carbocycles. The average molecular weight is 332 g/mol. The van der Waals surface area contributed by atoms with Gasteiger partial charge < -0.3 is 15.3 Å². The maximum atomic E-state index is 11.9. The van der Waals surface area contributed by atoms with E-state index in [-0.39, 0.29) is 12.3 Å². The predicted octanol–water partition coefficient (Wildman–Crippen LogP) is 2.98. The van der Waals surface area contributed by atoms with Crippen LogP contribution in [-0.2, 0) is 4.79 Å². The van der Waals surface area contributed by atoms with Crippen molar-refractivity contribution in [3.05, 3.63) is 35.9 Å². The lowest BCUT2D eigenvalue weighted by Gasteiger charge is -2.34. The Balaban J connectivity index is 1.56. The topological polar surface area (TPSA) is 52.6 Å². The van der Waals surface area contributed by atoms with Gasteiger partial charge in [-0.3, -0.25) is 4.79 Å².